The van der Waals surface area contributed by atoms with Gasteiger partial charge in [0.05, 0.1) is 60.1 Å². The van der Waals surface area contributed by atoms with E-state index in [4.69, 9.17) is 8.37 Å². The van der Waals surface area contributed by atoms with Crippen molar-refractivity contribution in [3.05, 3.63) is 120 Å². The van der Waals surface area contributed by atoms with E-state index in [1.807, 2.05) is 0 Å². The van der Waals surface area contributed by atoms with Crippen LogP contribution < -0.4 is 0 Å². The standard InChI is InChI=1S/C32H22F4N4O2S2/c33-23-9-1-19(2-10-23)27-28(20-3-11-24(34)12-4-20)38-31(37-27)43-41-17-18-42-44-32-39-29(21-5-13-25(35)14-6-21)30(40-32)22-7-15-26(36)16-8-22/h1-16H,17-18H2,(H,37,38)(H,39,40). The van der Waals surface area contributed by atoms with Crippen LogP contribution in [0.4, 0.5) is 17.6 Å². The highest BCUT2D eigenvalue weighted by atomic mass is 32.2. The Hall–Kier alpha value is -4.36. The molecule has 0 aliphatic carbocycles. The quantitative estimate of drug-likeness (QED) is 0.0841. The van der Waals surface area contributed by atoms with E-state index in [9.17, 15) is 17.6 Å². The van der Waals surface area contributed by atoms with Crippen molar-refractivity contribution >= 4 is 24.1 Å². The zero-order valence-electron chi connectivity index (χ0n) is 22.7. The lowest BCUT2D eigenvalue weighted by Crippen LogP contribution is -1.96. The van der Waals surface area contributed by atoms with Gasteiger partial charge in [0.1, 0.15) is 23.3 Å². The van der Waals surface area contributed by atoms with Crippen molar-refractivity contribution in [2.75, 3.05) is 13.2 Å². The molecule has 6 nitrogen and oxygen atoms in total. The second-order valence-electron chi connectivity index (χ2n) is 9.37. The van der Waals surface area contributed by atoms with Crippen molar-refractivity contribution in [1.82, 2.24) is 19.9 Å². The van der Waals surface area contributed by atoms with Gasteiger partial charge in [-0.15, -0.1) is 0 Å². The first-order valence-electron chi connectivity index (χ1n) is 13.3. The first kappa shape index (κ1) is 29.7. The highest BCUT2D eigenvalue weighted by molar-refractivity contribution is 7.94. The summed E-state index contributed by atoms with van der Waals surface area (Å²) in [7, 11) is 0. The van der Waals surface area contributed by atoms with Crippen molar-refractivity contribution in [1.29, 1.82) is 0 Å². The Labute approximate surface area is 258 Å². The van der Waals surface area contributed by atoms with Crippen LogP contribution in [0.15, 0.2) is 107 Å². The molecule has 4 aromatic carbocycles. The summed E-state index contributed by atoms with van der Waals surface area (Å²) in [6.45, 7) is 0.402. The monoisotopic (exact) mass is 634 g/mol. The van der Waals surface area contributed by atoms with Gasteiger partial charge < -0.3 is 18.3 Å². The summed E-state index contributed by atoms with van der Waals surface area (Å²) in [5.74, 6) is -1.45. The van der Waals surface area contributed by atoms with Crippen LogP contribution in [-0.4, -0.2) is 33.1 Å². The number of benzene rings is 4. The molecule has 0 saturated heterocycles. The van der Waals surface area contributed by atoms with Crippen LogP contribution in [0.3, 0.4) is 0 Å². The Bertz CT molecular complexity index is 1580. The summed E-state index contributed by atoms with van der Waals surface area (Å²) in [4.78, 5) is 15.6. The van der Waals surface area contributed by atoms with Gasteiger partial charge in [0.15, 0.2) is 10.3 Å². The number of aromatic amines is 2. The number of H-pyrrole nitrogens is 2. The SMILES string of the molecule is Fc1ccc(-c2nc(SOCCOSc3nc(-c4ccc(F)cc4)c(-c4ccc(F)cc4)[nH]3)[nH]c2-c2ccc(F)cc2)cc1. The molecule has 44 heavy (non-hydrogen) atoms. The van der Waals surface area contributed by atoms with Crippen LogP contribution in [0.2, 0.25) is 0 Å². The van der Waals surface area contributed by atoms with E-state index in [2.05, 4.69) is 19.9 Å². The van der Waals surface area contributed by atoms with Crippen LogP contribution in [0, 0.1) is 23.3 Å². The van der Waals surface area contributed by atoms with Gasteiger partial charge >= 0.3 is 0 Å². The number of hydrogen-bond acceptors (Lipinski definition) is 6. The van der Waals surface area contributed by atoms with Crippen molar-refractivity contribution in [2.45, 2.75) is 10.3 Å². The molecule has 0 unspecified atom stereocenters. The average molecular weight is 635 g/mol. The molecule has 6 rings (SSSR count). The molecule has 2 heterocycles. The molecule has 2 aromatic heterocycles. The molecule has 0 radical (unpaired) electrons. The van der Waals surface area contributed by atoms with Crippen molar-refractivity contribution in [2.24, 2.45) is 0 Å². The summed E-state index contributed by atoms with van der Waals surface area (Å²) in [6, 6.07) is 23.8. The maximum absolute atomic E-state index is 13.5. The van der Waals surface area contributed by atoms with Gasteiger partial charge in [-0.2, -0.15) is 0 Å². The second-order valence-corrected chi connectivity index (χ2v) is 10.9. The minimum atomic E-state index is -0.365. The van der Waals surface area contributed by atoms with Crippen LogP contribution >= 0.6 is 24.1 Å². The van der Waals surface area contributed by atoms with E-state index in [1.54, 1.807) is 48.5 Å². The lowest BCUT2D eigenvalue weighted by molar-refractivity contribution is 0.265. The topological polar surface area (TPSA) is 75.8 Å². The summed E-state index contributed by atoms with van der Waals surface area (Å²) < 4.78 is 65.5. The first-order valence-corrected chi connectivity index (χ1v) is 14.7. The maximum atomic E-state index is 13.5. The molecule has 0 amide bonds. The fourth-order valence-corrected chi connectivity index (χ4v) is 5.40. The number of nitrogens with zero attached hydrogens (tertiary/aromatic N) is 2. The van der Waals surface area contributed by atoms with E-state index < -0.39 is 0 Å². The largest absolute Gasteiger partial charge is 0.331 e. The number of nitrogens with one attached hydrogen (secondary N) is 2. The molecule has 0 fully saturated rings. The highest BCUT2D eigenvalue weighted by Crippen LogP contribution is 2.35. The lowest BCUT2D eigenvalue weighted by Gasteiger charge is -2.03. The normalized spacial score (nSPS) is 11.3. The zero-order valence-corrected chi connectivity index (χ0v) is 24.3. The third kappa shape index (κ3) is 7.05. The zero-order chi connectivity index (χ0) is 30.5. The molecule has 6 aromatic rings. The predicted octanol–water partition coefficient (Wildman–Crippen LogP) is 9.10. The number of rotatable bonds is 11. The maximum Gasteiger partial charge on any atom is 0.194 e. The van der Waals surface area contributed by atoms with Crippen molar-refractivity contribution in [3.63, 3.8) is 0 Å². The molecular formula is C32H22F4N4O2S2. The molecule has 0 aliphatic heterocycles. The van der Waals surface area contributed by atoms with E-state index in [1.165, 1.54) is 48.5 Å². The van der Waals surface area contributed by atoms with Gasteiger partial charge in [-0.3, -0.25) is 0 Å². The molecule has 222 valence electrons. The summed E-state index contributed by atoms with van der Waals surface area (Å²) in [6.07, 6.45) is 0. The Kier molecular flexibility index (Phi) is 9.12. The van der Waals surface area contributed by atoms with Gasteiger partial charge in [0.2, 0.25) is 0 Å². The lowest BCUT2D eigenvalue weighted by atomic mass is 10.1. The molecule has 12 heteroatoms. The van der Waals surface area contributed by atoms with Gasteiger partial charge in [-0.25, -0.2) is 27.5 Å². The molecule has 0 atom stereocenters. The highest BCUT2D eigenvalue weighted by Gasteiger charge is 2.17. The van der Waals surface area contributed by atoms with Crippen LogP contribution in [-0.2, 0) is 8.37 Å². The Balaban J connectivity index is 1.09. The fourth-order valence-electron chi connectivity index (χ4n) is 4.33. The number of halogens is 4. The first-order chi connectivity index (χ1) is 21.4. The van der Waals surface area contributed by atoms with E-state index in [0.717, 1.165) is 24.1 Å². The predicted molar refractivity (Wildman–Crippen MR) is 162 cm³/mol. The van der Waals surface area contributed by atoms with Crippen LogP contribution in [0.5, 0.6) is 0 Å². The van der Waals surface area contributed by atoms with Crippen molar-refractivity contribution in [3.8, 4) is 45.0 Å². The summed E-state index contributed by atoms with van der Waals surface area (Å²) in [5, 5.41) is 0.908. The summed E-state index contributed by atoms with van der Waals surface area (Å²) >= 11 is 2.02. The smallest absolute Gasteiger partial charge is 0.194 e. The average Bonchev–Trinajstić information content (AvgIpc) is 3.65. The van der Waals surface area contributed by atoms with E-state index in [0.29, 0.717) is 55.3 Å². The molecule has 2 N–H and O–H groups in total. The van der Waals surface area contributed by atoms with Gasteiger partial charge in [0, 0.05) is 22.3 Å². The van der Waals surface area contributed by atoms with Crippen LogP contribution in [0.1, 0.15) is 0 Å². The van der Waals surface area contributed by atoms with E-state index in [-0.39, 0.29) is 36.5 Å². The van der Waals surface area contributed by atoms with Gasteiger partial charge in [-0.05, 0) is 97.1 Å². The Morgan fingerprint density at radius 2 is 0.750 bits per heavy atom. The van der Waals surface area contributed by atoms with Crippen molar-refractivity contribution < 1.29 is 25.9 Å². The fraction of sp³-hybridized carbons (Fsp3) is 0.0625. The van der Waals surface area contributed by atoms with Gasteiger partial charge in [-0.1, -0.05) is 0 Å². The van der Waals surface area contributed by atoms with Crippen LogP contribution in [0.25, 0.3) is 45.0 Å². The molecule has 0 spiro atoms. The Morgan fingerprint density at radius 3 is 1.07 bits per heavy atom. The third-order valence-corrected chi connectivity index (χ3v) is 7.66. The Morgan fingerprint density at radius 1 is 0.455 bits per heavy atom. The summed E-state index contributed by atoms with van der Waals surface area (Å²) in [5.41, 5.74) is 5.22. The van der Waals surface area contributed by atoms with E-state index >= 15 is 0 Å². The molecule has 0 aliphatic rings. The third-order valence-electron chi connectivity index (χ3n) is 6.39. The minimum Gasteiger partial charge on any atom is -0.331 e. The second kappa shape index (κ2) is 13.5. The van der Waals surface area contributed by atoms with Gasteiger partial charge in [0.25, 0.3) is 0 Å². The molecular weight excluding hydrogens is 613 g/mol. The number of hydrogen-bond donors (Lipinski definition) is 2. The molecule has 0 bridgehead atoms. The minimum absolute atomic E-state index is 0.201. The molecule has 0 saturated carbocycles. The number of imidazole rings is 2. The number of aromatic nitrogens is 4.